The highest BCUT2D eigenvalue weighted by atomic mass is 19.1. The smallest absolute Gasteiger partial charge is 0.126 e. The van der Waals surface area contributed by atoms with E-state index in [-0.39, 0.29) is 6.42 Å². The number of halogens is 2. The number of furan rings is 1. The summed E-state index contributed by atoms with van der Waals surface area (Å²) in [6, 6.07) is 3.27. The molecule has 102 valence electrons. The van der Waals surface area contributed by atoms with Gasteiger partial charge in [0.15, 0.2) is 0 Å². The highest BCUT2D eigenvalue weighted by Crippen LogP contribution is 2.29. The molecule has 1 N–H and O–H groups in total. The average molecular weight is 266 g/mol. The van der Waals surface area contributed by atoms with Crippen molar-refractivity contribution in [1.82, 2.24) is 0 Å². The summed E-state index contributed by atoms with van der Waals surface area (Å²) in [7, 11) is 0. The van der Waals surface area contributed by atoms with Crippen LogP contribution >= 0.6 is 0 Å². The Bertz CT molecular complexity index is 582. The zero-order valence-corrected chi connectivity index (χ0v) is 11.1. The normalized spacial score (nSPS) is 12.7. The van der Waals surface area contributed by atoms with E-state index >= 15 is 0 Å². The van der Waals surface area contributed by atoms with Gasteiger partial charge in [-0.1, -0.05) is 0 Å². The van der Waals surface area contributed by atoms with Crippen LogP contribution < -0.4 is 0 Å². The van der Waals surface area contributed by atoms with Gasteiger partial charge in [-0.05, 0) is 44.0 Å². The van der Waals surface area contributed by atoms with Crippen LogP contribution in [-0.2, 0) is 6.42 Å². The van der Waals surface area contributed by atoms with Crippen molar-refractivity contribution in [3.8, 4) is 0 Å². The van der Waals surface area contributed by atoms with Gasteiger partial charge in [0.05, 0.1) is 6.10 Å². The lowest BCUT2D eigenvalue weighted by Gasteiger charge is -2.11. The van der Waals surface area contributed by atoms with Crippen LogP contribution in [-0.4, -0.2) is 5.11 Å². The third kappa shape index (κ3) is 2.84. The predicted octanol–water partition coefficient (Wildman–Crippen LogP) is 3.76. The Kier molecular flexibility index (Phi) is 3.71. The second-order valence-electron chi connectivity index (χ2n) is 4.75. The van der Waals surface area contributed by atoms with Crippen molar-refractivity contribution in [2.75, 3.05) is 0 Å². The van der Waals surface area contributed by atoms with E-state index in [0.29, 0.717) is 16.9 Å². The highest BCUT2D eigenvalue weighted by Gasteiger charge is 2.19. The summed E-state index contributed by atoms with van der Waals surface area (Å²) in [5.74, 6) is 0.106. The molecule has 2 rings (SSSR count). The van der Waals surface area contributed by atoms with Gasteiger partial charge < -0.3 is 9.52 Å². The van der Waals surface area contributed by atoms with Crippen molar-refractivity contribution in [1.29, 1.82) is 0 Å². The van der Waals surface area contributed by atoms with Gasteiger partial charge >= 0.3 is 0 Å². The molecule has 0 fully saturated rings. The van der Waals surface area contributed by atoms with Gasteiger partial charge in [-0.25, -0.2) is 8.78 Å². The van der Waals surface area contributed by atoms with Gasteiger partial charge in [0.2, 0.25) is 0 Å². The number of benzene rings is 1. The summed E-state index contributed by atoms with van der Waals surface area (Å²) in [6.07, 6.45) is -0.686. The highest BCUT2D eigenvalue weighted by molar-refractivity contribution is 5.34. The van der Waals surface area contributed by atoms with Crippen molar-refractivity contribution in [3.63, 3.8) is 0 Å². The van der Waals surface area contributed by atoms with E-state index in [2.05, 4.69) is 0 Å². The van der Waals surface area contributed by atoms with Crippen molar-refractivity contribution >= 4 is 0 Å². The van der Waals surface area contributed by atoms with Crippen molar-refractivity contribution in [3.05, 3.63) is 58.0 Å². The Morgan fingerprint density at radius 2 is 1.63 bits per heavy atom. The molecule has 0 spiro atoms. The van der Waals surface area contributed by atoms with Crippen LogP contribution in [0.5, 0.6) is 0 Å². The molecule has 2 nitrogen and oxygen atoms in total. The van der Waals surface area contributed by atoms with Crippen LogP contribution in [0.25, 0.3) is 0 Å². The summed E-state index contributed by atoms with van der Waals surface area (Å²) < 4.78 is 31.7. The van der Waals surface area contributed by atoms with Crippen molar-refractivity contribution in [2.45, 2.75) is 33.3 Å². The van der Waals surface area contributed by atoms with E-state index < -0.39 is 17.7 Å². The minimum atomic E-state index is -0.835. The molecular formula is C15H16F2O2. The molecule has 0 saturated carbocycles. The molecule has 0 aliphatic rings. The fourth-order valence-corrected chi connectivity index (χ4v) is 2.35. The molecule has 0 saturated heterocycles. The Morgan fingerprint density at radius 3 is 2.11 bits per heavy atom. The Balaban J connectivity index is 2.27. The van der Waals surface area contributed by atoms with Gasteiger partial charge in [-0.3, -0.25) is 0 Å². The van der Waals surface area contributed by atoms with Crippen LogP contribution in [0.15, 0.2) is 22.6 Å². The molecular weight excluding hydrogens is 250 g/mol. The van der Waals surface area contributed by atoms with Gasteiger partial charge in [-0.15, -0.1) is 0 Å². The molecule has 1 unspecified atom stereocenters. The topological polar surface area (TPSA) is 33.4 Å². The van der Waals surface area contributed by atoms with Crippen LogP contribution in [0.4, 0.5) is 8.78 Å². The maximum Gasteiger partial charge on any atom is 0.126 e. The predicted molar refractivity (Wildman–Crippen MR) is 67.9 cm³/mol. The van der Waals surface area contributed by atoms with Crippen LogP contribution in [0, 0.1) is 32.4 Å². The maximum absolute atomic E-state index is 13.1. The zero-order valence-electron chi connectivity index (χ0n) is 11.1. The summed E-state index contributed by atoms with van der Waals surface area (Å²) >= 11 is 0. The van der Waals surface area contributed by atoms with E-state index in [1.807, 2.05) is 13.8 Å². The molecule has 1 heterocycles. The summed E-state index contributed by atoms with van der Waals surface area (Å²) in [6.45, 7) is 5.45. The van der Waals surface area contributed by atoms with Gasteiger partial charge in [-0.2, -0.15) is 0 Å². The lowest BCUT2D eigenvalue weighted by molar-refractivity contribution is 0.175. The largest absolute Gasteiger partial charge is 0.466 e. The van der Waals surface area contributed by atoms with Gasteiger partial charge in [0.25, 0.3) is 0 Å². The molecule has 0 bridgehead atoms. The Labute approximate surface area is 110 Å². The quantitative estimate of drug-likeness (QED) is 0.917. The first-order valence-corrected chi connectivity index (χ1v) is 6.08. The molecule has 0 aliphatic carbocycles. The number of hydrogen-bond donors (Lipinski definition) is 1. The minimum Gasteiger partial charge on any atom is -0.466 e. The summed E-state index contributed by atoms with van der Waals surface area (Å²) in [4.78, 5) is 0. The number of rotatable bonds is 3. The molecule has 0 radical (unpaired) electrons. The fraction of sp³-hybridized carbons (Fsp3) is 0.333. The van der Waals surface area contributed by atoms with Crippen LogP contribution in [0.2, 0.25) is 0 Å². The molecule has 0 aliphatic heterocycles. The monoisotopic (exact) mass is 266 g/mol. The third-order valence-electron chi connectivity index (χ3n) is 3.30. The lowest BCUT2D eigenvalue weighted by Crippen LogP contribution is -2.04. The van der Waals surface area contributed by atoms with E-state index in [9.17, 15) is 13.9 Å². The van der Waals surface area contributed by atoms with E-state index in [4.69, 9.17) is 4.42 Å². The first-order valence-electron chi connectivity index (χ1n) is 6.08. The first kappa shape index (κ1) is 13.7. The van der Waals surface area contributed by atoms with Crippen LogP contribution in [0.1, 0.15) is 34.3 Å². The molecule has 2 aromatic rings. The maximum atomic E-state index is 13.1. The van der Waals surface area contributed by atoms with Gasteiger partial charge in [0.1, 0.15) is 23.2 Å². The number of hydrogen-bond acceptors (Lipinski definition) is 2. The van der Waals surface area contributed by atoms with Gasteiger partial charge in [0, 0.05) is 18.1 Å². The standard InChI is InChI=1S/C15H16F2O2/c1-8-9(2)19-10(3)15(8)14(18)6-11-4-12(16)7-13(17)5-11/h4-5,7,14,18H,6H2,1-3H3. The molecule has 1 aromatic carbocycles. The Hall–Kier alpha value is -1.68. The van der Waals surface area contributed by atoms with E-state index in [1.54, 1.807) is 6.92 Å². The number of aliphatic hydroxyl groups is 1. The second-order valence-corrected chi connectivity index (χ2v) is 4.75. The lowest BCUT2D eigenvalue weighted by atomic mass is 9.98. The molecule has 1 atom stereocenters. The van der Waals surface area contributed by atoms with Crippen molar-refractivity contribution < 1.29 is 18.3 Å². The second kappa shape index (κ2) is 5.13. The summed E-state index contributed by atoms with van der Waals surface area (Å²) in [5, 5.41) is 10.2. The fourth-order valence-electron chi connectivity index (χ4n) is 2.35. The van der Waals surface area contributed by atoms with E-state index in [0.717, 1.165) is 17.4 Å². The Morgan fingerprint density at radius 1 is 1.05 bits per heavy atom. The first-order chi connectivity index (χ1) is 8.88. The number of aryl methyl sites for hydroxylation is 2. The summed E-state index contributed by atoms with van der Waals surface area (Å²) in [5.41, 5.74) is 1.99. The van der Waals surface area contributed by atoms with E-state index in [1.165, 1.54) is 12.1 Å². The van der Waals surface area contributed by atoms with Crippen molar-refractivity contribution in [2.24, 2.45) is 0 Å². The third-order valence-corrected chi connectivity index (χ3v) is 3.30. The van der Waals surface area contributed by atoms with Crippen LogP contribution in [0.3, 0.4) is 0 Å². The molecule has 1 aromatic heterocycles. The number of aliphatic hydroxyl groups excluding tert-OH is 1. The minimum absolute atomic E-state index is 0.148. The average Bonchev–Trinajstić information content (AvgIpc) is 2.51. The zero-order chi connectivity index (χ0) is 14.2. The SMILES string of the molecule is Cc1oc(C)c(C(O)Cc2cc(F)cc(F)c2)c1C. The molecule has 0 amide bonds. The molecule has 4 heteroatoms. The molecule has 19 heavy (non-hydrogen) atoms.